The lowest BCUT2D eigenvalue weighted by atomic mass is 9.81. The first-order valence-electron chi connectivity index (χ1n) is 8.69. The van der Waals surface area contributed by atoms with E-state index in [-0.39, 0.29) is 35.5 Å². The molecule has 5 heteroatoms. The highest BCUT2D eigenvalue weighted by Crippen LogP contribution is 2.60. The van der Waals surface area contributed by atoms with Gasteiger partial charge in [-0.15, -0.1) is 0 Å². The van der Waals surface area contributed by atoms with Crippen molar-refractivity contribution < 1.29 is 19.1 Å². The lowest BCUT2D eigenvalue weighted by Crippen LogP contribution is -2.33. The van der Waals surface area contributed by atoms with Crippen molar-refractivity contribution in [2.75, 3.05) is 12.0 Å². The molecule has 2 amide bonds. The first-order chi connectivity index (χ1) is 12.0. The quantitative estimate of drug-likeness (QED) is 0.472. The molecule has 1 aromatic rings. The van der Waals surface area contributed by atoms with Crippen LogP contribution in [0.25, 0.3) is 0 Å². The van der Waals surface area contributed by atoms with E-state index in [1.54, 1.807) is 24.3 Å². The third kappa shape index (κ3) is 2.11. The molecule has 0 aromatic heterocycles. The third-order valence-corrected chi connectivity index (χ3v) is 5.96. The van der Waals surface area contributed by atoms with Crippen LogP contribution in [0, 0.1) is 23.7 Å². The molecule has 5 nitrogen and oxygen atoms in total. The van der Waals surface area contributed by atoms with E-state index in [1.807, 2.05) is 0 Å². The molecule has 4 rings (SSSR count). The molecule has 1 aliphatic heterocycles. The van der Waals surface area contributed by atoms with Crippen molar-refractivity contribution in [3.05, 3.63) is 41.0 Å². The van der Waals surface area contributed by atoms with Crippen LogP contribution in [-0.2, 0) is 14.3 Å². The summed E-state index contributed by atoms with van der Waals surface area (Å²) in [6.07, 6.45) is 1.98. The van der Waals surface area contributed by atoms with E-state index in [4.69, 9.17) is 4.74 Å². The van der Waals surface area contributed by atoms with Gasteiger partial charge in [0.15, 0.2) is 0 Å². The Balaban J connectivity index is 1.72. The summed E-state index contributed by atoms with van der Waals surface area (Å²) in [7, 11) is 1.31. The standard InChI is InChI=1S/C20H21NO4/c1-10(2)15-13-7-8-14(15)17-16(13)18(22)21(19(17)23)12-6-4-5-11(9-12)20(24)25-3/h4-6,9,13-14,16-17H,7-8H2,1-3H3/t13-,14+,16-,17-/m1/s1. The number of carbonyl (C=O) groups excluding carboxylic acids is 3. The zero-order valence-electron chi connectivity index (χ0n) is 14.6. The van der Waals surface area contributed by atoms with Crippen LogP contribution in [0.15, 0.2) is 35.4 Å². The number of allylic oxidation sites excluding steroid dienone is 2. The van der Waals surface area contributed by atoms with Crippen LogP contribution in [0.2, 0.25) is 0 Å². The van der Waals surface area contributed by atoms with Crippen molar-refractivity contribution in [3.63, 3.8) is 0 Å². The molecule has 3 aliphatic rings. The number of ether oxygens (including phenoxy) is 1. The van der Waals surface area contributed by atoms with Gasteiger partial charge in [-0.05, 0) is 56.7 Å². The van der Waals surface area contributed by atoms with Crippen molar-refractivity contribution in [1.82, 2.24) is 0 Å². The molecule has 1 heterocycles. The number of anilines is 1. The van der Waals surface area contributed by atoms with E-state index in [1.165, 1.54) is 23.2 Å². The van der Waals surface area contributed by atoms with Crippen molar-refractivity contribution in [2.24, 2.45) is 23.7 Å². The summed E-state index contributed by atoms with van der Waals surface area (Å²) in [4.78, 5) is 39.2. The van der Waals surface area contributed by atoms with E-state index >= 15 is 0 Å². The number of amides is 2. The molecule has 0 spiro atoms. The zero-order valence-corrected chi connectivity index (χ0v) is 14.6. The second-order valence-corrected chi connectivity index (χ2v) is 7.35. The number of fused-ring (bicyclic) bond motifs is 5. The van der Waals surface area contributed by atoms with Gasteiger partial charge in [0.25, 0.3) is 0 Å². The van der Waals surface area contributed by atoms with Gasteiger partial charge >= 0.3 is 5.97 Å². The van der Waals surface area contributed by atoms with Crippen LogP contribution in [0.1, 0.15) is 37.0 Å². The van der Waals surface area contributed by atoms with Crippen LogP contribution in [0.3, 0.4) is 0 Å². The molecule has 2 aliphatic carbocycles. The molecule has 0 N–H and O–H groups in total. The van der Waals surface area contributed by atoms with E-state index in [0.29, 0.717) is 11.3 Å². The molecule has 2 bridgehead atoms. The molecular weight excluding hydrogens is 318 g/mol. The molecular formula is C20H21NO4. The van der Waals surface area contributed by atoms with Gasteiger partial charge in [-0.3, -0.25) is 9.59 Å². The van der Waals surface area contributed by atoms with Gasteiger partial charge < -0.3 is 4.74 Å². The summed E-state index contributed by atoms with van der Waals surface area (Å²) in [6, 6.07) is 6.55. The normalized spacial score (nSPS) is 30.0. The average molecular weight is 339 g/mol. The Morgan fingerprint density at radius 2 is 1.68 bits per heavy atom. The lowest BCUT2D eigenvalue weighted by Gasteiger charge is -2.19. The number of imide groups is 1. The Labute approximate surface area is 146 Å². The third-order valence-electron chi connectivity index (χ3n) is 5.96. The Morgan fingerprint density at radius 1 is 1.08 bits per heavy atom. The van der Waals surface area contributed by atoms with Gasteiger partial charge in [-0.2, -0.15) is 0 Å². The number of esters is 1. The Hall–Kier alpha value is -2.43. The predicted molar refractivity (Wildman–Crippen MR) is 91.8 cm³/mol. The van der Waals surface area contributed by atoms with E-state index in [2.05, 4.69) is 13.8 Å². The number of methoxy groups -OCH3 is 1. The smallest absolute Gasteiger partial charge is 0.337 e. The van der Waals surface area contributed by atoms with Gasteiger partial charge in [0.1, 0.15) is 0 Å². The Morgan fingerprint density at radius 3 is 2.20 bits per heavy atom. The summed E-state index contributed by atoms with van der Waals surface area (Å²) in [5.41, 5.74) is 3.39. The highest BCUT2D eigenvalue weighted by molar-refractivity contribution is 6.23. The van der Waals surface area contributed by atoms with Crippen LogP contribution in [-0.4, -0.2) is 24.9 Å². The van der Waals surface area contributed by atoms with Crippen LogP contribution in [0.4, 0.5) is 5.69 Å². The van der Waals surface area contributed by atoms with Crippen molar-refractivity contribution in [1.29, 1.82) is 0 Å². The highest BCUT2D eigenvalue weighted by Gasteiger charge is 2.63. The fourth-order valence-electron chi connectivity index (χ4n) is 5.14. The van der Waals surface area contributed by atoms with Crippen molar-refractivity contribution in [2.45, 2.75) is 26.7 Å². The zero-order chi connectivity index (χ0) is 17.9. The fourth-order valence-corrected chi connectivity index (χ4v) is 5.14. The molecule has 4 atom stereocenters. The summed E-state index contributed by atoms with van der Waals surface area (Å²) in [6.45, 7) is 4.16. The van der Waals surface area contributed by atoms with Gasteiger partial charge in [-0.1, -0.05) is 17.2 Å². The van der Waals surface area contributed by atoms with Gasteiger partial charge in [0.05, 0.1) is 30.2 Å². The SMILES string of the molecule is COC(=O)c1cccc(N2C(=O)[C@H]3[C@H](C2=O)[C@H]2CC[C@@H]3C2=C(C)C)c1. The lowest BCUT2D eigenvalue weighted by molar-refractivity contribution is -0.123. The highest BCUT2D eigenvalue weighted by atomic mass is 16.5. The second-order valence-electron chi connectivity index (χ2n) is 7.35. The van der Waals surface area contributed by atoms with Crippen molar-refractivity contribution in [3.8, 4) is 0 Å². The monoisotopic (exact) mass is 339 g/mol. The molecule has 1 saturated heterocycles. The van der Waals surface area contributed by atoms with E-state index in [9.17, 15) is 14.4 Å². The van der Waals surface area contributed by atoms with E-state index in [0.717, 1.165) is 12.8 Å². The largest absolute Gasteiger partial charge is 0.465 e. The van der Waals surface area contributed by atoms with Gasteiger partial charge in [-0.25, -0.2) is 9.69 Å². The number of carbonyl (C=O) groups is 3. The number of nitrogens with zero attached hydrogens (tertiary/aromatic N) is 1. The first-order valence-corrected chi connectivity index (χ1v) is 8.69. The van der Waals surface area contributed by atoms with Crippen LogP contribution >= 0.6 is 0 Å². The Kier molecular flexibility index (Phi) is 3.56. The molecule has 0 radical (unpaired) electrons. The Bertz CT molecular complexity index is 789. The summed E-state index contributed by atoms with van der Waals surface area (Å²) in [5, 5.41) is 0. The van der Waals surface area contributed by atoms with Gasteiger partial charge in [0, 0.05) is 0 Å². The minimum Gasteiger partial charge on any atom is -0.465 e. The minimum absolute atomic E-state index is 0.122. The first kappa shape index (κ1) is 16.1. The number of hydrogen-bond donors (Lipinski definition) is 0. The van der Waals surface area contributed by atoms with Crippen molar-refractivity contribution >= 4 is 23.5 Å². The van der Waals surface area contributed by atoms with Gasteiger partial charge in [0.2, 0.25) is 11.8 Å². The molecule has 2 saturated carbocycles. The molecule has 0 unspecified atom stereocenters. The van der Waals surface area contributed by atoms with E-state index < -0.39 is 5.97 Å². The molecule has 130 valence electrons. The molecule has 25 heavy (non-hydrogen) atoms. The summed E-state index contributed by atoms with van der Waals surface area (Å²) in [5.74, 6) is -0.801. The maximum atomic E-state index is 13.1. The maximum absolute atomic E-state index is 13.1. The number of benzene rings is 1. The summed E-state index contributed by atoms with van der Waals surface area (Å²) < 4.78 is 4.73. The predicted octanol–water partition coefficient (Wildman–Crippen LogP) is 2.96. The van der Waals surface area contributed by atoms with Crippen LogP contribution in [0.5, 0.6) is 0 Å². The second kappa shape index (κ2) is 5.55. The number of hydrogen-bond acceptors (Lipinski definition) is 4. The molecule has 1 aromatic carbocycles. The number of rotatable bonds is 2. The average Bonchev–Trinajstić information content (AvgIpc) is 3.24. The van der Waals surface area contributed by atoms with Crippen LogP contribution < -0.4 is 4.90 Å². The fraction of sp³-hybridized carbons (Fsp3) is 0.450. The summed E-state index contributed by atoms with van der Waals surface area (Å²) >= 11 is 0. The maximum Gasteiger partial charge on any atom is 0.337 e. The topological polar surface area (TPSA) is 63.7 Å². The molecule has 3 fully saturated rings. The minimum atomic E-state index is -0.479.